The van der Waals surface area contributed by atoms with Crippen LogP contribution in [-0.4, -0.2) is 29.6 Å². The minimum absolute atomic E-state index is 0.00775. The van der Waals surface area contributed by atoms with Crippen molar-refractivity contribution in [1.29, 1.82) is 0 Å². The average Bonchev–Trinajstić information content (AvgIpc) is 3.09. The summed E-state index contributed by atoms with van der Waals surface area (Å²) in [6.45, 7) is 1.86. The first-order valence-corrected chi connectivity index (χ1v) is 8.85. The molecule has 2 rings (SSSR count). The Morgan fingerprint density at radius 1 is 1.17 bits per heavy atom. The second-order valence-corrected chi connectivity index (χ2v) is 6.64. The van der Waals surface area contributed by atoms with Gasteiger partial charge in [0.2, 0.25) is 11.8 Å². The lowest BCUT2D eigenvalue weighted by atomic mass is 10.0. The first kappa shape index (κ1) is 18.5. The maximum atomic E-state index is 12.3. The average molecular weight is 332 g/mol. The van der Waals surface area contributed by atoms with Gasteiger partial charge in [-0.1, -0.05) is 43.2 Å². The van der Waals surface area contributed by atoms with Gasteiger partial charge in [0.1, 0.15) is 0 Å². The van der Waals surface area contributed by atoms with Crippen LogP contribution in [0.1, 0.15) is 57.1 Å². The van der Waals surface area contributed by atoms with Gasteiger partial charge in [-0.3, -0.25) is 9.59 Å². The number of benzene rings is 1. The van der Waals surface area contributed by atoms with E-state index in [4.69, 9.17) is 0 Å². The van der Waals surface area contributed by atoms with E-state index in [0.29, 0.717) is 6.42 Å². The molecule has 0 saturated heterocycles. The maximum Gasteiger partial charge on any atom is 0.223 e. The molecule has 1 aromatic rings. The highest BCUT2D eigenvalue weighted by molar-refractivity contribution is 5.81. The van der Waals surface area contributed by atoms with Crippen LogP contribution < -0.4 is 10.6 Å². The summed E-state index contributed by atoms with van der Waals surface area (Å²) in [6.07, 6.45) is 4.86. The first-order valence-electron chi connectivity index (χ1n) is 8.85. The SMILES string of the molecule is CC(CC(=O)NC(CCO)c1ccccc1)NC(=O)C1CCCC1. The Balaban J connectivity index is 1.82. The van der Waals surface area contributed by atoms with Crippen molar-refractivity contribution in [3.8, 4) is 0 Å². The van der Waals surface area contributed by atoms with Gasteiger partial charge < -0.3 is 15.7 Å². The largest absolute Gasteiger partial charge is 0.396 e. The molecule has 2 amide bonds. The van der Waals surface area contributed by atoms with E-state index >= 15 is 0 Å². The fraction of sp³-hybridized carbons (Fsp3) is 0.579. The number of amides is 2. The zero-order chi connectivity index (χ0) is 17.4. The molecule has 1 aliphatic carbocycles. The molecule has 3 N–H and O–H groups in total. The number of hydrogen-bond acceptors (Lipinski definition) is 3. The van der Waals surface area contributed by atoms with E-state index in [1.54, 1.807) is 0 Å². The van der Waals surface area contributed by atoms with E-state index < -0.39 is 0 Å². The van der Waals surface area contributed by atoms with Crippen LogP contribution in [0.5, 0.6) is 0 Å². The van der Waals surface area contributed by atoms with Crippen LogP contribution in [0, 0.1) is 5.92 Å². The Morgan fingerprint density at radius 2 is 1.83 bits per heavy atom. The number of hydrogen-bond donors (Lipinski definition) is 3. The minimum atomic E-state index is -0.207. The van der Waals surface area contributed by atoms with Crippen molar-refractivity contribution in [3.05, 3.63) is 35.9 Å². The first-order chi connectivity index (χ1) is 11.6. The van der Waals surface area contributed by atoms with Crippen molar-refractivity contribution in [2.45, 2.75) is 57.5 Å². The van der Waals surface area contributed by atoms with Crippen molar-refractivity contribution in [1.82, 2.24) is 10.6 Å². The lowest BCUT2D eigenvalue weighted by Crippen LogP contribution is -2.40. The molecular weight excluding hydrogens is 304 g/mol. The second kappa shape index (κ2) is 9.42. The normalized spacial score (nSPS) is 17.2. The number of rotatable bonds is 8. The number of carbonyl (C=O) groups excluding carboxylic acids is 2. The number of carbonyl (C=O) groups is 2. The van der Waals surface area contributed by atoms with Crippen molar-refractivity contribution >= 4 is 11.8 Å². The van der Waals surface area contributed by atoms with E-state index in [-0.39, 0.29) is 42.8 Å². The molecule has 0 radical (unpaired) electrons. The smallest absolute Gasteiger partial charge is 0.223 e. The molecule has 5 nitrogen and oxygen atoms in total. The molecule has 24 heavy (non-hydrogen) atoms. The summed E-state index contributed by atoms with van der Waals surface area (Å²) in [5.41, 5.74) is 0.975. The molecule has 2 unspecified atom stereocenters. The van der Waals surface area contributed by atoms with Gasteiger partial charge in [-0.05, 0) is 31.7 Å². The Kier molecular flexibility index (Phi) is 7.25. The van der Waals surface area contributed by atoms with Gasteiger partial charge in [-0.25, -0.2) is 0 Å². The predicted octanol–water partition coefficient (Wildman–Crippen LogP) is 2.31. The Hall–Kier alpha value is -1.88. The molecule has 2 atom stereocenters. The van der Waals surface area contributed by atoms with Crippen LogP contribution in [-0.2, 0) is 9.59 Å². The fourth-order valence-electron chi connectivity index (χ4n) is 3.27. The fourth-order valence-corrected chi connectivity index (χ4v) is 3.27. The molecule has 0 aromatic heterocycles. The summed E-state index contributed by atoms with van der Waals surface area (Å²) in [5.74, 6) is 0.0706. The zero-order valence-corrected chi connectivity index (χ0v) is 14.3. The second-order valence-electron chi connectivity index (χ2n) is 6.64. The quantitative estimate of drug-likeness (QED) is 0.683. The number of nitrogens with one attached hydrogen (secondary N) is 2. The molecule has 5 heteroatoms. The summed E-state index contributed by atoms with van der Waals surface area (Å²) in [6, 6.07) is 9.22. The molecule has 132 valence electrons. The summed E-state index contributed by atoms with van der Waals surface area (Å²) in [4.78, 5) is 24.4. The summed E-state index contributed by atoms with van der Waals surface area (Å²) < 4.78 is 0. The highest BCUT2D eigenvalue weighted by atomic mass is 16.3. The minimum Gasteiger partial charge on any atom is -0.396 e. The lowest BCUT2D eigenvalue weighted by molar-refractivity contribution is -0.126. The van der Waals surface area contributed by atoms with Crippen molar-refractivity contribution in [2.24, 2.45) is 5.92 Å². The van der Waals surface area contributed by atoms with Crippen molar-refractivity contribution in [2.75, 3.05) is 6.61 Å². The van der Waals surface area contributed by atoms with Gasteiger partial charge in [-0.2, -0.15) is 0 Å². The zero-order valence-electron chi connectivity index (χ0n) is 14.3. The van der Waals surface area contributed by atoms with Crippen LogP contribution in [0.2, 0.25) is 0 Å². The summed E-state index contributed by atoms with van der Waals surface area (Å²) in [5, 5.41) is 15.1. The van der Waals surface area contributed by atoms with Crippen LogP contribution in [0.4, 0.5) is 0 Å². The van der Waals surface area contributed by atoms with Crippen LogP contribution in [0.3, 0.4) is 0 Å². The molecule has 1 fully saturated rings. The number of aliphatic hydroxyl groups excluding tert-OH is 1. The molecule has 1 saturated carbocycles. The number of aliphatic hydroxyl groups is 1. The highest BCUT2D eigenvalue weighted by Gasteiger charge is 2.24. The molecule has 0 spiro atoms. The van der Waals surface area contributed by atoms with Gasteiger partial charge in [0, 0.05) is 25.0 Å². The monoisotopic (exact) mass is 332 g/mol. The lowest BCUT2D eigenvalue weighted by Gasteiger charge is -2.21. The van der Waals surface area contributed by atoms with E-state index in [2.05, 4.69) is 10.6 Å². The van der Waals surface area contributed by atoms with Crippen LogP contribution in [0.25, 0.3) is 0 Å². The maximum absolute atomic E-state index is 12.3. The third-order valence-corrected chi connectivity index (χ3v) is 4.56. The van der Waals surface area contributed by atoms with Crippen LogP contribution in [0.15, 0.2) is 30.3 Å². The highest BCUT2D eigenvalue weighted by Crippen LogP contribution is 2.24. The van der Waals surface area contributed by atoms with E-state index in [1.165, 1.54) is 0 Å². The van der Waals surface area contributed by atoms with Crippen molar-refractivity contribution in [3.63, 3.8) is 0 Å². The van der Waals surface area contributed by atoms with Gasteiger partial charge in [0.15, 0.2) is 0 Å². The standard InChI is InChI=1S/C19H28N2O3/c1-14(20-19(24)16-9-5-6-10-16)13-18(23)21-17(11-12-22)15-7-3-2-4-8-15/h2-4,7-8,14,16-17,22H,5-6,9-13H2,1H3,(H,20,24)(H,21,23). The van der Waals surface area contributed by atoms with Gasteiger partial charge in [0.05, 0.1) is 6.04 Å². The molecule has 0 aliphatic heterocycles. The van der Waals surface area contributed by atoms with E-state index in [0.717, 1.165) is 31.2 Å². The summed E-state index contributed by atoms with van der Waals surface area (Å²) in [7, 11) is 0. The molecular formula is C19H28N2O3. The Morgan fingerprint density at radius 3 is 2.46 bits per heavy atom. The van der Waals surface area contributed by atoms with E-state index in [1.807, 2.05) is 37.3 Å². The van der Waals surface area contributed by atoms with Gasteiger partial charge in [0.25, 0.3) is 0 Å². The van der Waals surface area contributed by atoms with E-state index in [9.17, 15) is 14.7 Å². The van der Waals surface area contributed by atoms with Crippen molar-refractivity contribution < 1.29 is 14.7 Å². The summed E-state index contributed by atoms with van der Waals surface area (Å²) >= 11 is 0. The third-order valence-electron chi connectivity index (χ3n) is 4.56. The Labute approximate surface area is 143 Å². The third kappa shape index (κ3) is 5.64. The predicted molar refractivity (Wildman–Crippen MR) is 93.2 cm³/mol. The molecule has 0 bridgehead atoms. The molecule has 0 heterocycles. The molecule has 1 aromatic carbocycles. The van der Waals surface area contributed by atoms with Gasteiger partial charge >= 0.3 is 0 Å². The van der Waals surface area contributed by atoms with Crippen LogP contribution >= 0.6 is 0 Å². The molecule has 1 aliphatic rings. The Bertz CT molecular complexity index is 527. The van der Waals surface area contributed by atoms with Gasteiger partial charge in [-0.15, -0.1) is 0 Å². The topological polar surface area (TPSA) is 78.4 Å².